The van der Waals surface area contributed by atoms with Gasteiger partial charge in [-0.05, 0) is 32.6 Å². The van der Waals surface area contributed by atoms with Crippen molar-refractivity contribution in [2.45, 2.75) is 109 Å². The van der Waals surface area contributed by atoms with E-state index in [2.05, 4.69) is 0 Å². The molecule has 0 amide bonds. The van der Waals surface area contributed by atoms with E-state index in [1.54, 1.807) is 0 Å². The molecule has 0 saturated heterocycles. The topological polar surface area (TPSA) is 35.5 Å². The van der Waals surface area contributed by atoms with E-state index in [1.807, 2.05) is 6.92 Å². The monoisotopic (exact) mass is 326 g/mol. The predicted molar refractivity (Wildman–Crippen MR) is 95.9 cm³/mol. The summed E-state index contributed by atoms with van der Waals surface area (Å²) >= 11 is 0. The first-order chi connectivity index (χ1) is 11.4. The lowest BCUT2D eigenvalue weighted by molar-refractivity contribution is -0.118. The van der Waals surface area contributed by atoms with Crippen molar-refractivity contribution in [2.75, 3.05) is 13.2 Å². The van der Waals surface area contributed by atoms with Crippen molar-refractivity contribution in [3.8, 4) is 0 Å². The van der Waals surface area contributed by atoms with Gasteiger partial charge in [-0.1, -0.05) is 64.2 Å². The molecule has 1 aliphatic rings. The summed E-state index contributed by atoms with van der Waals surface area (Å²) in [6.07, 6.45) is 19.1. The van der Waals surface area contributed by atoms with Gasteiger partial charge in [0, 0.05) is 13.2 Å². The number of hydrogen-bond acceptors (Lipinski definition) is 3. The van der Waals surface area contributed by atoms with E-state index in [0.29, 0.717) is 12.7 Å². The van der Waals surface area contributed by atoms with Gasteiger partial charge in [-0.2, -0.15) is 0 Å². The molecule has 0 N–H and O–H groups in total. The van der Waals surface area contributed by atoms with Gasteiger partial charge in [-0.25, -0.2) is 0 Å². The van der Waals surface area contributed by atoms with E-state index in [4.69, 9.17) is 9.47 Å². The summed E-state index contributed by atoms with van der Waals surface area (Å²) in [7, 11) is 0. The fraction of sp³-hybridized carbons (Fsp3) is 0.950. The Morgan fingerprint density at radius 3 is 2.13 bits per heavy atom. The summed E-state index contributed by atoms with van der Waals surface area (Å²) in [4.78, 5) is 10.8. The summed E-state index contributed by atoms with van der Waals surface area (Å²) in [5.41, 5.74) is 0. The second-order valence-electron chi connectivity index (χ2n) is 6.88. The number of carbonyl (C=O) groups excluding carboxylic acids is 1. The molecular formula is C20H38O3. The minimum Gasteiger partial charge on any atom is -0.378 e. The van der Waals surface area contributed by atoms with Crippen LogP contribution in [0.3, 0.4) is 0 Å². The van der Waals surface area contributed by atoms with E-state index < -0.39 is 0 Å². The van der Waals surface area contributed by atoms with Crippen molar-refractivity contribution >= 4 is 6.29 Å². The van der Waals surface area contributed by atoms with Crippen molar-refractivity contribution in [1.82, 2.24) is 0 Å². The van der Waals surface area contributed by atoms with Crippen LogP contribution < -0.4 is 0 Å². The van der Waals surface area contributed by atoms with Crippen molar-refractivity contribution in [2.24, 2.45) is 0 Å². The maximum absolute atomic E-state index is 10.8. The van der Waals surface area contributed by atoms with Crippen LogP contribution in [0.4, 0.5) is 0 Å². The van der Waals surface area contributed by atoms with Crippen LogP contribution >= 0.6 is 0 Å². The highest BCUT2D eigenvalue weighted by molar-refractivity contribution is 5.55. The summed E-state index contributed by atoms with van der Waals surface area (Å²) < 4.78 is 11.3. The molecule has 1 fully saturated rings. The molecule has 1 rings (SSSR count). The Kier molecular flexibility index (Phi) is 13.6. The Labute approximate surface area is 143 Å². The molecule has 136 valence electrons. The van der Waals surface area contributed by atoms with Crippen LogP contribution in [0.2, 0.25) is 0 Å². The first kappa shape index (κ1) is 20.6. The Morgan fingerprint density at radius 1 is 0.913 bits per heavy atom. The zero-order valence-electron chi connectivity index (χ0n) is 15.3. The Bertz CT molecular complexity index is 262. The third kappa shape index (κ3) is 11.7. The maximum Gasteiger partial charge on any atom is 0.148 e. The number of hydrogen-bond donors (Lipinski definition) is 0. The molecule has 1 saturated carbocycles. The summed E-state index contributed by atoms with van der Waals surface area (Å²) in [5, 5.41) is 0. The lowest BCUT2D eigenvalue weighted by Gasteiger charge is -2.21. The van der Waals surface area contributed by atoms with Gasteiger partial charge < -0.3 is 14.3 Å². The summed E-state index contributed by atoms with van der Waals surface area (Å²) in [5.74, 6) is 0. The van der Waals surface area contributed by atoms with Gasteiger partial charge in [0.2, 0.25) is 0 Å². The lowest BCUT2D eigenvalue weighted by Crippen LogP contribution is -2.17. The SMILES string of the molecule is CCOC(C=O)CCCCCCCCCCOC1CCCCC1. The highest BCUT2D eigenvalue weighted by Gasteiger charge is 2.12. The van der Waals surface area contributed by atoms with Crippen LogP contribution in [0.25, 0.3) is 0 Å². The molecule has 0 aromatic heterocycles. The maximum atomic E-state index is 10.8. The number of aldehydes is 1. The van der Waals surface area contributed by atoms with Gasteiger partial charge >= 0.3 is 0 Å². The molecule has 0 heterocycles. The van der Waals surface area contributed by atoms with Crippen molar-refractivity contribution < 1.29 is 14.3 Å². The Balaban J connectivity index is 1.76. The summed E-state index contributed by atoms with van der Waals surface area (Å²) in [6, 6.07) is 0. The standard InChI is InChI=1S/C20H38O3/c1-2-22-20(18-21)16-10-7-5-3-4-6-8-13-17-23-19-14-11-9-12-15-19/h18-20H,2-17H2,1H3. The minimum atomic E-state index is -0.177. The first-order valence-corrected chi connectivity index (χ1v) is 10.0. The largest absolute Gasteiger partial charge is 0.378 e. The first-order valence-electron chi connectivity index (χ1n) is 10.0. The molecule has 0 radical (unpaired) electrons. The lowest BCUT2D eigenvalue weighted by atomic mass is 9.98. The molecule has 0 aliphatic heterocycles. The molecule has 1 atom stereocenters. The molecule has 23 heavy (non-hydrogen) atoms. The van der Waals surface area contributed by atoms with Gasteiger partial charge in [0.1, 0.15) is 12.4 Å². The van der Waals surface area contributed by atoms with E-state index in [-0.39, 0.29) is 6.10 Å². The third-order valence-corrected chi connectivity index (χ3v) is 4.82. The molecular weight excluding hydrogens is 288 g/mol. The number of unbranched alkanes of at least 4 members (excludes halogenated alkanes) is 7. The molecule has 0 aromatic rings. The van der Waals surface area contributed by atoms with Crippen LogP contribution in [0.15, 0.2) is 0 Å². The van der Waals surface area contributed by atoms with E-state index in [0.717, 1.165) is 25.7 Å². The van der Waals surface area contributed by atoms with Crippen molar-refractivity contribution in [3.63, 3.8) is 0 Å². The predicted octanol–water partition coefficient (Wildman–Crippen LogP) is 5.45. The van der Waals surface area contributed by atoms with Gasteiger partial charge in [0.05, 0.1) is 6.10 Å². The van der Waals surface area contributed by atoms with Crippen LogP contribution in [0.1, 0.15) is 96.8 Å². The molecule has 1 unspecified atom stereocenters. The quantitative estimate of drug-likeness (QED) is 0.296. The molecule has 3 nitrogen and oxygen atoms in total. The molecule has 0 spiro atoms. The third-order valence-electron chi connectivity index (χ3n) is 4.82. The summed E-state index contributed by atoms with van der Waals surface area (Å²) in [6.45, 7) is 3.54. The molecule has 1 aliphatic carbocycles. The van der Waals surface area contributed by atoms with Gasteiger partial charge in [0.25, 0.3) is 0 Å². The highest BCUT2D eigenvalue weighted by atomic mass is 16.5. The van der Waals surface area contributed by atoms with Gasteiger partial charge in [-0.15, -0.1) is 0 Å². The fourth-order valence-corrected chi connectivity index (χ4v) is 3.39. The smallest absolute Gasteiger partial charge is 0.148 e. The van der Waals surface area contributed by atoms with Gasteiger partial charge in [-0.3, -0.25) is 0 Å². The van der Waals surface area contributed by atoms with Crippen LogP contribution in [0.5, 0.6) is 0 Å². The van der Waals surface area contributed by atoms with E-state index in [9.17, 15) is 4.79 Å². The highest BCUT2D eigenvalue weighted by Crippen LogP contribution is 2.20. The Morgan fingerprint density at radius 2 is 1.52 bits per heavy atom. The van der Waals surface area contributed by atoms with Crippen LogP contribution in [-0.2, 0) is 14.3 Å². The zero-order chi connectivity index (χ0) is 16.6. The number of carbonyl (C=O) groups is 1. The minimum absolute atomic E-state index is 0.177. The average molecular weight is 327 g/mol. The zero-order valence-corrected chi connectivity index (χ0v) is 15.3. The molecule has 3 heteroatoms. The number of ether oxygens (including phenoxy) is 2. The molecule has 0 aromatic carbocycles. The van der Waals surface area contributed by atoms with E-state index in [1.165, 1.54) is 77.0 Å². The molecule has 0 bridgehead atoms. The Hall–Kier alpha value is -0.410. The van der Waals surface area contributed by atoms with Crippen molar-refractivity contribution in [1.29, 1.82) is 0 Å². The van der Waals surface area contributed by atoms with Crippen LogP contribution in [-0.4, -0.2) is 31.7 Å². The second-order valence-corrected chi connectivity index (χ2v) is 6.88. The average Bonchev–Trinajstić information content (AvgIpc) is 2.59. The second kappa shape index (κ2) is 15.1. The van der Waals surface area contributed by atoms with Crippen molar-refractivity contribution in [3.05, 3.63) is 0 Å². The van der Waals surface area contributed by atoms with E-state index >= 15 is 0 Å². The normalized spacial score (nSPS) is 17.3. The van der Waals surface area contributed by atoms with Crippen LogP contribution in [0, 0.1) is 0 Å². The fourth-order valence-electron chi connectivity index (χ4n) is 3.39. The van der Waals surface area contributed by atoms with Gasteiger partial charge in [0.15, 0.2) is 0 Å². The number of rotatable bonds is 15.